The number of hydrogen-bond acceptors (Lipinski definition) is 6. The van der Waals surface area contributed by atoms with Crippen LogP contribution in [0.25, 0.3) is 16.7 Å². The van der Waals surface area contributed by atoms with E-state index in [1.54, 1.807) is 24.3 Å². The summed E-state index contributed by atoms with van der Waals surface area (Å²) >= 11 is 5.06. The summed E-state index contributed by atoms with van der Waals surface area (Å²) in [6, 6.07) is 11.7. The molecule has 2 heterocycles. The zero-order chi connectivity index (χ0) is 21.1. The van der Waals surface area contributed by atoms with Gasteiger partial charge in [0.2, 0.25) is 0 Å². The van der Waals surface area contributed by atoms with Crippen molar-refractivity contribution < 1.29 is 19.0 Å². The van der Waals surface area contributed by atoms with Crippen molar-refractivity contribution in [2.24, 2.45) is 0 Å². The third-order valence-corrected chi connectivity index (χ3v) is 4.87. The second-order valence-electron chi connectivity index (χ2n) is 6.60. The normalized spacial score (nSPS) is 16.0. The van der Waals surface area contributed by atoms with Gasteiger partial charge in [-0.15, -0.1) is 5.10 Å². The maximum Gasteiger partial charge on any atom is 0.414 e. The molecule has 4 rings (SSSR count). The van der Waals surface area contributed by atoms with Crippen LogP contribution in [0, 0.1) is 5.82 Å². The summed E-state index contributed by atoms with van der Waals surface area (Å²) in [5.41, 5.74) is 1.96. The minimum Gasteiger partial charge on any atom is -0.442 e. The summed E-state index contributed by atoms with van der Waals surface area (Å²) in [5, 5.41) is 22.9. The maximum absolute atomic E-state index is 14.9. The number of anilines is 1. The number of nitrogens with one attached hydrogen (secondary N) is 2. The van der Waals surface area contributed by atoms with Crippen LogP contribution in [0.2, 0.25) is 0 Å². The number of nitrogens with zero attached hydrogens (tertiary/aromatic N) is 4. The standard InChI is InChI=1S/C19H19FN6O3S/c20-14-9-12(5-6-16(14)26-17-4-2-1-3-15(17)23-24-26)25-11-13(29-19(25)28)10-22-18(30)21-7-8-27/h1-6,9,13,27H,7-8,10-11H2,(H2,21,22,30)/t13-/m0/s1. The predicted molar refractivity (Wildman–Crippen MR) is 112 cm³/mol. The van der Waals surface area contributed by atoms with Crippen molar-refractivity contribution in [2.45, 2.75) is 6.10 Å². The molecule has 1 amide bonds. The van der Waals surface area contributed by atoms with Crippen molar-refractivity contribution in [3.63, 3.8) is 0 Å². The van der Waals surface area contributed by atoms with E-state index in [-0.39, 0.29) is 18.8 Å². The molecule has 0 bridgehead atoms. The summed E-state index contributed by atoms with van der Waals surface area (Å²) in [6.45, 7) is 0.833. The molecule has 1 aliphatic heterocycles. The number of carbonyl (C=O) groups excluding carboxylic acids is 1. The minimum atomic E-state index is -0.561. The molecule has 11 heteroatoms. The lowest BCUT2D eigenvalue weighted by atomic mass is 10.2. The molecule has 1 atom stereocenters. The van der Waals surface area contributed by atoms with Gasteiger partial charge < -0.3 is 20.5 Å². The maximum atomic E-state index is 14.9. The molecular formula is C19H19FN6O3S. The number of para-hydroxylation sites is 1. The number of fused-ring (bicyclic) bond motifs is 1. The van der Waals surface area contributed by atoms with Gasteiger partial charge in [-0.05, 0) is 42.5 Å². The van der Waals surface area contributed by atoms with Crippen LogP contribution in [-0.2, 0) is 4.74 Å². The van der Waals surface area contributed by atoms with Crippen LogP contribution in [-0.4, -0.2) is 63.7 Å². The molecule has 0 unspecified atom stereocenters. The van der Waals surface area contributed by atoms with Crippen molar-refractivity contribution in [1.82, 2.24) is 25.6 Å². The van der Waals surface area contributed by atoms with Crippen molar-refractivity contribution in [1.29, 1.82) is 0 Å². The van der Waals surface area contributed by atoms with Gasteiger partial charge in [-0.3, -0.25) is 4.90 Å². The quantitative estimate of drug-likeness (QED) is 0.504. The summed E-state index contributed by atoms with van der Waals surface area (Å²) in [5.74, 6) is -0.535. The molecule has 1 aromatic heterocycles. The van der Waals surface area contributed by atoms with Gasteiger partial charge in [0, 0.05) is 6.54 Å². The fourth-order valence-corrected chi connectivity index (χ4v) is 3.34. The molecule has 0 radical (unpaired) electrons. The number of aliphatic hydroxyl groups is 1. The average molecular weight is 430 g/mol. The van der Waals surface area contributed by atoms with Gasteiger partial charge >= 0.3 is 6.09 Å². The predicted octanol–water partition coefficient (Wildman–Crippen LogP) is 1.34. The zero-order valence-corrected chi connectivity index (χ0v) is 16.6. The third kappa shape index (κ3) is 4.02. The number of hydrogen-bond donors (Lipinski definition) is 3. The second-order valence-corrected chi connectivity index (χ2v) is 7.01. The molecular weight excluding hydrogens is 411 g/mol. The fourth-order valence-electron chi connectivity index (χ4n) is 3.16. The van der Waals surface area contributed by atoms with E-state index in [4.69, 9.17) is 22.1 Å². The van der Waals surface area contributed by atoms with Gasteiger partial charge in [-0.1, -0.05) is 17.3 Å². The van der Waals surface area contributed by atoms with Crippen molar-refractivity contribution in [2.75, 3.05) is 31.1 Å². The van der Waals surface area contributed by atoms with E-state index < -0.39 is 18.0 Å². The van der Waals surface area contributed by atoms with Gasteiger partial charge in [0.25, 0.3) is 0 Å². The highest BCUT2D eigenvalue weighted by Gasteiger charge is 2.32. The van der Waals surface area contributed by atoms with E-state index in [1.165, 1.54) is 15.6 Å². The molecule has 0 aliphatic carbocycles. The number of carbonyl (C=O) groups is 1. The molecule has 9 nitrogen and oxygen atoms in total. The average Bonchev–Trinajstić information content (AvgIpc) is 3.34. The van der Waals surface area contributed by atoms with Crippen LogP contribution >= 0.6 is 12.2 Å². The lowest BCUT2D eigenvalue weighted by molar-refractivity contribution is 0.143. The van der Waals surface area contributed by atoms with Gasteiger partial charge in [-0.2, -0.15) is 0 Å². The Morgan fingerprint density at radius 3 is 2.93 bits per heavy atom. The van der Waals surface area contributed by atoms with Crippen molar-refractivity contribution in [3.05, 3.63) is 48.3 Å². The van der Waals surface area contributed by atoms with Gasteiger partial charge in [-0.25, -0.2) is 13.9 Å². The molecule has 1 aliphatic rings. The molecule has 1 fully saturated rings. The number of aliphatic hydroxyl groups excluding tert-OH is 1. The monoisotopic (exact) mass is 430 g/mol. The number of benzene rings is 2. The minimum absolute atomic E-state index is 0.0417. The zero-order valence-electron chi connectivity index (χ0n) is 15.8. The highest BCUT2D eigenvalue weighted by Crippen LogP contribution is 2.26. The number of halogens is 1. The molecule has 156 valence electrons. The smallest absolute Gasteiger partial charge is 0.414 e. The first kappa shape index (κ1) is 20.0. The molecule has 0 saturated carbocycles. The first-order valence-corrected chi connectivity index (χ1v) is 9.68. The van der Waals surface area contributed by atoms with Crippen LogP contribution in [0.5, 0.6) is 0 Å². The number of amides is 1. The molecule has 3 N–H and O–H groups in total. The SMILES string of the molecule is O=C1O[C@@H](CNC(=S)NCCO)CN1c1ccc(-n2nnc3ccccc32)c(F)c1. The second kappa shape index (κ2) is 8.59. The van der Waals surface area contributed by atoms with Crippen molar-refractivity contribution >= 4 is 40.1 Å². The molecule has 30 heavy (non-hydrogen) atoms. The summed E-state index contributed by atoms with van der Waals surface area (Å²) in [6.07, 6.45) is -1.01. The Morgan fingerprint density at radius 2 is 2.13 bits per heavy atom. The van der Waals surface area contributed by atoms with E-state index in [2.05, 4.69) is 20.9 Å². The van der Waals surface area contributed by atoms with Gasteiger partial charge in [0.1, 0.15) is 17.3 Å². The number of rotatable bonds is 6. The van der Waals surface area contributed by atoms with Crippen LogP contribution in [0.4, 0.5) is 14.9 Å². The lowest BCUT2D eigenvalue weighted by Gasteiger charge is -2.15. The summed E-state index contributed by atoms with van der Waals surface area (Å²) in [7, 11) is 0. The lowest BCUT2D eigenvalue weighted by Crippen LogP contribution is -2.41. The summed E-state index contributed by atoms with van der Waals surface area (Å²) < 4.78 is 21.6. The van der Waals surface area contributed by atoms with Crippen LogP contribution in [0.3, 0.4) is 0 Å². The van der Waals surface area contributed by atoms with Crippen molar-refractivity contribution in [3.8, 4) is 5.69 Å². The Bertz CT molecular complexity index is 1090. The van der Waals surface area contributed by atoms with E-state index in [0.717, 1.165) is 0 Å². The first-order valence-electron chi connectivity index (χ1n) is 9.28. The number of aromatic nitrogens is 3. The van der Waals surface area contributed by atoms with Crippen LogP contribution in [0.1, 0.15) is 0 Å². The highest BCUT2D eigenvalue weighted by molar-refractivity contribution is 7.80. The molecule has 0 spiro atoms. The first-order chi connectivity index (χ1) is 14.6. The van der Waals surface area contributed by atoms with Crippen LogP contribution < -0.4 is 15.5 Å². The Kier molecular flexibility index (Phi) is 5.72. The van der Waals surface area contributed by atoms with E-state index >= 15 is 0 Å². The fraction of sp³-hybridized carbons (Fsp3) is 0.263. The van der Waals surface area contributed by atoms with E-state index in [1.807, 2.05) is 12.1 Å². The summed E-state index contributed by atoms with van der Waals surface area (Å²) in [4.78, 5) is 13.6. The van der Waals surface area contributed by atoms with Gasteiger partial charge in [0.05, 0.1) is 30.9 Å². The Labute approximate surface area is 176 Å². The Balaban J connectivity index is 1.46. The number of ether oxygens (including phenoxy) is 1. The molecule has 1 saturated heterocycles. The Hall–Kier alpha value is -3.31. The van der Waals surface area contributed by atoms with Gasteiger partial charge in [0.15, 0.2) is 10.9 Å². The van der Waals surface area contributed by atoms with E-state index in [0.29, 0.717) is 34.9 Å². The molecule has 3 aromatic rings. The number of thiocarbonyl (C=S) groups is 1. The number of cyclic esters (lactones) is 1. The third-order valence-electron chi connectivity index (χ3n) is 4.58. The van der Waals surface area contributed by atoms with E-state index in [9.17, 15) is 9.18 Å². The largest absolute Gasteiger partial charge is 0.442 e. The topological polar surface area (TPSA) is 105 Å². The molecule has 2 aromatic carbocycles. The van der Waals surface area contributed by atoms with Crippen LogP contribution in [0.15, 0.2) is 42.5 Å². The highest BCUT2D eigenvalue weighted by atomic mass is 32.1. The Morgan fingerprint density at radius 1 is 1.30 bits per heavy atom.